The summed E-state index contributed by atoms with van der Waals surface area (Å²) in [5.41, 5.74) is 0.956. The van der Waals surface area contributed by atoms with Gasteiger partial charge in [-0.25, -0.2) is 9.18 Å². The summed E-state index contributed by atoms with van der Waals surface area (Å²) >= 11 is 0. The highest BCUT2D eigenvalue weighted by Gasteiger charge is 2.46. The van der Waals surface area contributed by atoms with E-state index >= 15 is 0 Å². The summed E-state index contributed by atoms with van der Waals surface area (Å²) in [6.45, 7) is 4.70. The van der Waals surface area contributed by atoms with Crippen LogP contribution < -0.4 is 15.1 Å². The minimum Gasteiger partial charge on any atom is -0.442 e. The lowest BCUT2D eigenvalue weighted by atomic mass is 9.91. The number of nitrogens with zero attached hydrogens (tertiary/aromatic N) is 4. The van der Waals surface area contributed by atoms with Crippen LogP contribution in [0.5, 0.6) is 0 Å². The van der Waals surface area contributed by atoms with Gasteiger partial charge in [0.2, 0.25) is 5.91 Å². The number of carbonyl (C=O) groups excluding carboxylic acids is 2. The van der Waals surface area contributed by atoms with Crippen LogP contribution in [0.4, 0.5) is 20.6 Å². The molecule has 3 saturated heterocycles. The molecule has 148 valence electrons. The monoisotopic (exact) mass is 387 g/mol. The van der Waals surface area contributed by atoms with E-state index < -0.39 is 12.2 Å². The van der Waals surface area contributed by atoms with Crippen LogP contribution in [0, 0.1) is 23.1 Å². The third-order valence-corrected chi connectivity index (χ3v) is 5.61. The molecule has 3 atom stereocenters. The Morgan fingerprint density at radius 1 is 1.36 bits per heavy atom. The van der Waals surface area contributed by atoms with Gasteiger partial charge in [-0.3, -0.25) is 14.6 Å². The van der Waals surface area contributed by atoms with Crippen LogP contribution in [-0.4, -0.2) is 68.3 Å². The number of benzene rings is 1. The summed E-state index contributed by atoms with van der Waals surface area (Å²) in [6, 6.07) is 7.16. The number of amides is 2. The van der Waals surface area contributed by atoms with Crippen molar-refractivity contribution in [3.63, 3.8) is 0 Å². The first kappa shape index (κ1) is 18.5. The highest BCUT2D eigenvalue weighted by atomic mass is 19.1. The van der Waals surface area contributed by atoms with E-state index in [0.29, 0.717) is 23.8 Å². The number of hydrogen-bond acceptors (Lipinski definition) is 6. The third kappa shape index (κ3) is 3.36. The number of anilines is 2. The van der Waals surface area contributed by atoms with Gasteiger partial charge in [0.05, 0.1) is 37.1 Å². The molecule has 3 fully saturated rings. The maximum absolute atomic E-state index is 14.8. The summed E-state index contributed by atoms with van der Waals surface area (Å²) in [5, 5.41) is 11.5. The summed E-state index contributed by atoms with van der Waals surface area (Å²) in [5.74, 6) is -0.110. The van der Waals surface area contributed by atoms with Gasteiger partial charge in [0, 0.05) is 38.5 Å². The number of nitriles is 1. The van der Waals surface area contributed by atoms with E-state index in [4.69, 9.17) is 10.00 Å². The van der Waals surface area contributed by atoms with Gasteiger partial charge in [0.25, 0.3) is 0 Å². The lowest BCUT2D eigenvalue weighted by molar-refractivity contribution is -0.119. The van der Waals surface area contributed by atoms with E-state index in [-0.39, 0.29) is 30.9 Å². The number of cyclic esters (lactones) is 1. The molecule has 0 saturated carbocycles. The average Bonchev–Trinajstić information content (AvgIpc) is 3.16. The fourth-order valence-electron chi connectivity index (χ4n) is 4.22. The number of hydrogen-bond donors (Lipinski definition) is 1. The van der Waals surface area contributed by atoms with E-state index in [1.54, 1.807) is 12.1 Å². The molecule has 1 aromatic carbocycles. The van der Waals surface area contributed by atoms with Gasteiger partial charge >= 0.3 is 6.09 Å². The molecule has 8 nitrogen and oxygen atoms in total. The zero-order valence-corrected chi connectivity index (χ0v) is 15.6. The molecule has 9 heteroatoms. The number of fused-ring (bicyclic) bond motifs is 1. The minimum atomic E-state index is -0.547. The molecule has 0 aliphatic carbocycles. The molecule has 0 radical (unpaired) electrons. The summed E-state index contributed by atoms with van der Waals surface area (Å²) in [7, 11) is 0. The molecule has 1 aromatic rings. The molecule has 0 unspecified atom stereocenters. The summed E-state index contributed by atoms with van der Waals surface area (Å²) in [4.78, 5) is 28.6. The first-order valence-corrected chi connectivity index (χ1v) is 9.34. The van der Waals surface area contributed by atoms with Gasteiger partial charge in [0.1, 0.15) is 11.9 Å². The Morgan fingerprint density at radius 3 is 2.89 bits per heavy atom. The van der Waals surface area contributed by atoms with Crippen molar-refractivity contribution in [3.05, 3.63) is 24.0 Å². The predicted molar refractivity (Wildman–Crippen MR) is 99.4 cm³/mol. The predicted octanol–water partition coefficient (Wildman–Crippen LogP) is 0.931. The van der Waals surface area contributed by atoms with Crippen molar-refractivity contribution in [2.75, 3.05) is 49.1 Å². The molecule has 0 aromatic heterocycles. The van der Waals surface area contributed by atoms with Crippen LogP contribution in [-0.2, 0) is 9.53 Å². The van der Waals surface area contributed by atoms with Gasteiger partial charge in [-0.05, 0) is 18.2 Å². The molecule has 3 heterocycles. The van der Waals surface area contributed by atoms with E-state index in [0.717, 1.165) is 19.6 Å². The van der Waals surface area contributed by atoms with Crippen molar-refractivity contribution in [1.82, 2.24) is 10.2 Å². The number of nitrogens with one attached hydrogen (secondary N) is 1. The Bertz CT molecular complexity index is 841. The standard InChI is InChI=1S/C19H22FN5O3/c1-12(26)22-7-15-10-24(19(27)28-15)14-2-3-17(16(20)6-14)25-9-13-8-23(5-4-21)11-18(13)25/h2-3,6,13,15,18H,5,7-11H2,1H3,(H,22,26)/t13-,15+,18-/m1/s1. The van der Waals surface area contributed by atoms with Crippen LogP contribution in [0.3, 0.4) is 0 Å². The Balaban J connectivity index is 1.42. The van der Waals surface area contributed by atoms with E-state index in [1.807, 2.05) is 4.90 Å². The highest BCUT2D eigenvalue weighted by molar-refractivity contribution is 5.90. The van der Waals surface area contributed by atoms with Crippen molar-refractivity contribution >= 4 is 23.4 Å². The number of rotatable bonds is 5. The first-order valence-electron chi connectivity index (χ1n) is 9.34. The molecule has 1 N–H and O–H groups in total. The van der Waals surface area contributed by atoms with E-state index in [9.17, 15) is 14.0 Å². The third-order valence-electron chi connectivity index (χ3n) is 5.61. The normalized spacial score (nSPS) is 26.5. The van der Waals surface area contributed by atoms with Crippen LogP contribution in [0.25, 0.3) is 0 Å². The summed E-state index contributed by atoms with van der Waals surface area (Å²) < 4.78 is 20.0. The molecule has 0 bridgehead atoms. The second-order valence-electron chi connectivity index (χ2n) is 7.52. The topological polar surface area (TPSA) is 88.9 Å². The van der Waals surface area contributed by atoms with Crippen molar-refractivity contribution in [2.45, 2.75) is 19.1 Å². The van der Waals surface area contributed by atoms with Crippen LogP contribution in [0.2, 0.25) is 0 Å². The number of carbonyl (C=O) groups is 2. The molecule has 3 aliphatic rings. The lowest BCUT2D eigenvalue weighted by Crippen LogP contribution is -2.56. The number of likely N-dealkylation sites (tertiary alicyclic amines) is 1. The molecular weight excluding hydrogens is 365 g/mol. The molecular formula is C19H22FN5O3. The smallest absolute Gasteiger partial charge is 0.414 e. The van der Waals surface area contributed by atoms with Gasteiger partial charge < -0.3 is 15.0 Å². The zero-order valence-electron chi connectivity index (χ0n) is 15.6. The van der Waals surface area contributed by atoms with Gasteiger partial charge in [-0.1, -0.05) is 0 Å². The second kappa shape index (κ2) is 7.28. The molecule has 0 spiro atoms. The SMILES string of the molecule is CC(=O)NC[C@H]1CN(c2ccc(N3C[C@H]4CN(CC#N)C[C@H]43)c(F)c2)C(=O)O1. The quantitative estimate of drug-likeness (QED) is 0.757. The fourth-order valence-corrected chi connectivity index (χ4v) is 4.22. The van der Waals surface area contributed by atoms with Crippen molar-refractivity contribution < 1.29 is 18.7 Å². The fraction of sp³-hybridized carbons (Fsp3) is 0.526. The number of halogens is 1. The average molecular weight is 387 g/mol. The van der Waals surface area contributed by atoms with Crippen LogP contribution in [0.15, 0.2) is 18.2 Å². The first-order chi connectivity index (χ1) is 13.5. The number of ether oxygens (including phenoxy) is 1. The Kier molecular flexibility index (Phi) is 4.81. The largest absolute Gasteiger partial charge is 0.442 e. The molecule has 4 rings (SSSR count). The van der Waals surface area contributed by atoms with Crippen molar-refractivity contribution in [3.8, 4) is 6.07 Å². The minimum absolute atomic E-state index is 0.196. The van der Waals surface area contributed by atoms with E-state index in [1.165, 1.54) is 17.9 Å². The second-order valence-corrected chi connectivity index (χ2v) is 7.52. The molecule has 28 heavy (non-hydrogen) atoms. The van der Waals surface area contributed by atoms with Gasteiger partial charge in [-0.2, -0.15) is 5.26 Å². The molecule has 2 amide bonds. The van der Waals surface area contributed by atoms with Crippen LogP contribution in [0.1, 0.15) is 6.92 Å². The van der Waals surface area contributed by atoms with Crippen molar-refractivity contribution in [2.24, 2.45) is 5.92 Å². The maximum Gasteiger partial charge on any atom is 0.414 e. The van der Waals surface area contributed by atoms with Gasteiger partial charge in [0.15, 0.2) is 0 Å². The zero-order chi connectivity index (χ0) is 19.8. The highest BCUT2D eigenvalue weighted by Crippen LogP contribution is 2.38. The van der Waals surface area contributed by atoms with Crippen molar-refractivity contribution in [1.29, 1.82) is 5.26 Å². The maximum atomic E-state index is 14.8. The molecule has 3 aliphatic heterocycles. The van der Waals surface area contributed by atoms with E-state index in [2.05, 4.69) is 16.3 Å². The lowest BCUT2D eigenvalue weighted by Gasteiger charge is -2.45. The summed E-state index contributed by atoms with van der Waals surface area (Å²) in [6.07, 6.45) is -1.01. The Labute approximate surface area is 162 Å². The Hall–Kier alpha value is -2.86. The van der Waals surface area contributed by atoms with Gasteiger partial charge in [-0.15, -0.1) is 0 Å². The Morgan fingerprint density at radius 2 is 2.18 bits per heavy atom. The van der Waals surface area contributed by atoms with Crippen LogP contribution >= 0.6 is 0 Å².